The van der Waals surface area contributed by atoms with Crippen molar-refractivity contribution in [2.24, 2.45) is 0 Å². The van der Waals surface area contributed by atoms with Crippen LogP contribution in [0.3, 0.4) is 0 Å². The Kier molecular flexibility index (Phi) is 3.68. The van der Waals surface area contributed by atoms with Crippen molar-refractivity contribution in [2.45, 2.75) is 0 Å². The number of carbonyl (C=O) groups is 1. The Hall–Kier alpha value is -3.19. The second kappa shape index (κ2) is 6.13. The fraction of sp³-hybridized carbons (Fsp3) is 0. The van der Waals surface area contributed by atoms with Crippen molar-refractivity contribution in [1.29, 1.82) is 0 Å². The molecule has 0 aliphatic heterocycles. The van der Waals surface area contributed by atoms with Gasteiger partial charge in [0.25, 0.3) is 0 Å². The summed E-state index contributed by atoms with van der Waals surface area (Å²) in [5, 5.41) is 4.69. The zero-order valence-corrected chi connectivity index (χ0v) is 13.1. The van der Waals surface area contributed by atoms with Crippen molar-refractivity contribution in [3.8, 4) is 0 Å². The molecule has 4 aromatic rings. The van der Waals surface area contributed by atoms with Crippen LogP contribution < -0.4 is 0 Å². The highest BCUT2D eigenvalue weighted by molar-refractivity contribution is 6.11. The first kappa shape index (κ1) is 14.4. The third-order valence-electron chi connectivity index (χ3n) is 4.27. The quantitative estimate of drug-likeness (QED) is 0.262. The second-order valence-corrected chi connectivity index (χ2v) is 5.80. The van der Waals surface area contributed by atoms with Crippen molar-refractivity contribution in [3.05, 3.63) is 102 Å². The lowest BCUT2D eigenvalue weighted by atomic mass is 9.96. The number of hydrogen-bond acceptors (Lipinski definition) is 1. The predicted octanol–water partition coefficient (Wildman–Crippen LogP) is 5.89. The van der Waals surface area contributed by atoms with Crippen molar-refractivity contribution in [3.63, 3.8) is 0 Å². The van der Waals surface area contributed by atoms with E-state index >= 15 is 0 Å². The van der Waals surface area contributed by atoms with Crippen LogP contribution in [-0.4, -0.2) is 5.78 Å². The van der Waals surface area contributed by atoms with E-state index < -0.39 is 0 Å². The fourth-order valence-electron chi connectivity index (χ4n) is 3.09. The number of allylic oxidation sites excluding steroid dienone is 1. The Morgan fingerprint density at radius 3 is 1.83 bits per heavy atom. The van der Waals surface area contributed by atoms with E-state index in [0.29, 0.717) is 5.56 Å². The van der Waals surface area contributed by atoms with Crippen molar-refractivity contribution in [1.82, 2.24) is 0 Å². The molecule has 0 bridgehead atoms. The Morgan fingerprint density at radius 1 is 0.667 bits per heavy atom. The molecule has 0 fully saturated rings. The predicted molar refractivity (Wildman–Crippen MR) is 101 cm³/mol. The second-order valence-electron chi connectivity index (χ2n) is 5.80. The lowest BCUT2D eigenvalue weighted by molar-refractivity contribution is 0.104. The van der Waals surface area contributed by atoms with Crippen LogP contribution >= 0.6 is 0 Å². The molecule has 1 nitrogen and oxygen atoms in total. The SMILES string of the molecule is O=C(C=Cc1c2ccccc2cc2ccccc12)c1ccccc1. The third kappa shape index (κ3) is 2.61. The van der Waals surface area contributed by atoms with E-state index in [1.54, 1.807) is 6.08 Å². The molecule has 0 unspecified atom stereocenters. The number of hydrogen-bond donors (Lipinski definition) is 0. The van der Waals surface area contributed by atoms with Crippen LogP contribution in [0.2, 0.25) is 0 Å². The van der Waals surface area contributed by atoms with E-state index in [0.717, 1.165) is 16.3 Å². The molecule has 0 amide bonds. The van der Waals surface area contributed by atoms with Gasteiger partial charge in [-0.2, -0.15) is 0 Å². The molecule has 0 heterocycles. The van der Waals surface area contributed by atoms with E-state index in [-0.39, 0.29) is 5.78 Å². The summed E-state index contributed by atoms with van der Waals surface area (Å²) < 4.78 is 0. The molecule has 114 valence electrons. The standard InChI is InChI=1S/C23H16O/c24-23(17-8-2-1-3-9-17)15-14-22-20-12-6-4-10-18(20)16-19-11-5-7-13-21(19)22/h1-16H. The first-order valence-corrected chi connectivity index (χ1v) is 8.01. The van der Waals surface area contributed by atoms with Crippen LogP contribution in [-0.2, 0) is 0 Å². The molecule has 0 aliphatic carbocycles. The van der Waals surface area contributed by atoms with Gasteiger partial charge in [-0.05, 0) is 45.3 Å². The van der Waals surface area contributed by atoms with E-state index in [1.807, 2.05) is 60.7 Å². The van der Waals surface area contributed by atoms with Crippen LogP contribution in [0.4, 0.5) is 0 Å². The molecule has 4 rings (SSSR count). The highest BCUT2D eigenvalue weighted by Crippen LogP contribution is 2.29. The molecule has 4 aromatic carbocycles. The van der Waals surface area contributed by atoms with E-state index in [9.17, 15) is 4.79 Å². The van der Waals surface area contributed by atoms with Gasteiger partial charge in [-0.25, -0.2) is 0 Å². The number of rotatable bonds is 3. The normalized spacial score (nSPS) is 11.3. The Balaban J connectivity index is 1.88. The zero-order chi connectivity index (χ0) is 16.4. The van der Waals surface area contributed by atoms with Gasteiger partial charge in [0, 0.05) is 5.56 Å². The van der Waals surface area contributed by atoms with Crippen LogP contribution in [0.5, 0.6) is 0 Å². The Bertz CT molecular complexity index is 1010. The van der Waals surface area contributed by atoms with Gasteiger partial charge < -0.3 is 0 Å². The van der Waals surface area contributed by atoms with Gasteiger partial charge >= 0.3 is 0 Å². The number of ketones is 1. The molecule has 0 spiro atoms. The topological polar surface area (TPSA) is 17.1 Å². The van der Waals surface area contributed by atoms with Crippen molar-refractivity contribution >= 4 is 33.4 Å². The zero-order valence-electron chi connectivity index (χ0n) is 13.1. The van der Waals surface area contributed by atoms with Crippen molar-refractivity contribution < 1.29 is 4.79 Å². The summed E-state index contributed by atoms with van der Waals surface area (Å²) in [5.74, 6) is 0.0209. The molecule has 0 N–H and O–H groups in total. The van der Waals surface area contributed by atoms with Gasteiger partial charge in [0.2, 0.25) is 0 Å². The Labute approximate surface area is 140 Å². The fourth-order valence-corrected chi connectivity index (χ4v) is 3.09. The Morgan fingerprint density at radius 2 is 1.21 bits per heavy atom. The smallest absolute Gasteiger partial charge is 0.185 e. The summed E-state index contributed by atoms with van der Waals surface area (Å²) >= 11 is 0. The third-order valence-corrected chi connectivity index (χ3v) is 4.27. The van der Waals surface area contributed by atoms with Crippen LogP contribution in [0, 0.1) is 0 Å². The number of fused-ring (bicyclic) bond motifs is 2. The maximum Gasteiger partial charge on any atom is 0.185 e. The van der Waals surface area contributed by atoms with Gasteiger partial charge in [-0.15, -0.1) is 0 Å². The first-order valence-electron chi connectivity index (χ1n) is 8.01. The molecule has 24 heavy (non-hydrogen) atoms. The van der Waals surface area contributed by atoms with Gasteiger partial charge in [0.15, 0.2) is 5.78 Å². The van der Waals surface area contributed by atoms with Crippen molar-refractivity contribution in [2.75, 3.05) is 0 Å². The molecule has 0 atom stereocenters. The maximum absolute atomic E-state index is 12.4. The maximum atomic E-state index is 12.4. The number of benzene rings is 4. The molecule has 0 aromatic heterocycles. The van der Waals surface area contributed by atoms with Gasteiger partial charge in [0.05, 0.1) is 0 Å². The van der Waals surface area contributed by atoms with E-state index in [4.69, 9.17) is 0 Å². The van der Waals surface area contributed by atoms with Gasteiger partial charge in [-0.1, -0.05) is 78.9 Å². The average Bonchev–Trinajstić information content (AvgIpc) is 2.65. The summed E-state index contributed by atoms with van der Waals surface area (Å²) in [6.45, 7) is 0. The molecular weight excluding hydrogens is 292 g/mol. The lowest BCUT2D eigenvalue weighted by Gasteiger charge is -2.08. The molecule has 0 radical (unpaired) electrons. The van der Waals surface area contributed by atoms with Crippen LogP contribution in [0.1, 0.15) is 15.9 Å². The summed E-state index contributed by atoms with van der Waals surface area (Å²) in [6, 6.07) is 28.1. The first-order chi connectivity index (χ1) is 11.8. The van der Waals surface area contributed by atoms with E-state index in [2.05, 4.69) is 30.3 Å². The number of carbonyl (C=O) groups excluding carboxylic acids is 1. The highest BCUT2D eigenvalue weighted by atomic mass is 16.1. The van der Waals surface area contributed by atoms with Gasteiger partial charge in [0.1, 0.15) is 0 Å². The molecule has 0 aliphatic rings. The van der Waals surface area contributed by atoms with Gasteiger partial charge in [-0.3, -0.25) is 4.79 Å². The minimum absolute atomic E-state index is 0.0209. The molecule has 1 heteroatoms. The lowest BCUT2D eigenvalue weighted by Crippen LogP contribution is -1.93. The summed E-state index contributed by atoms with van der Waals surface area (Å²) in [7, 11) is 0. The highest BCUT2D eigenvalue weighted by Gasteiger charge is 2.06. The molecular formula is C23H16O. The monoisotopic (exact) mass is 308 g/mol. The summed E-state index contributed by atoms with van der Waals surface area (Å²) in [6.07, 6.45) is 3.61. The van der Waals surface area contributed by atoms with Crippen LogP contribution in [0.15, 0.2) is 91.0 Å². The van der Waals surface area contributed by atoms with E-state index in [1.165, 1.54) is 10.8 Å². The largest absolute Gasteiger partial charge is 0.289 e. The summed E-state index contributed by atoms with van der Waals surface area (Å²) in [5.41, 5.74) is 1.80. The minimum atomic E-state index is 0.0209. The molecule has 0 saturated heterocycles. The molecule has 0 saturated carbocycles. The summed E-state index contributed by atoms with van der Waals surface area (Å²) in [4.78, 5) is 12.4. The minimum Gasteiger partial charge on any atom is -0.289 e. The van der Waals surface area contributed by atoms with Crippen LogP contribution in [0.25, 0.3) is 27.6 Å². The average molecular weight is 308 g/mol.